The molecule has 4 amide bonds. The number of rotatable bonds is 9. The quantitative estimate of drug-likeness (QED) is 0.322. The van der Waals surface area contributed by atoms with Crippen molar-refractivity contribution in [3.8, 4) is 5.75 Å². The molecule has 0 radical (unpaired) electrons. The largest absolute Gasteiger partial charge is 0.598 e. The lowest BCUT2D eigenvalue weighted by Crippen LogP contribution is -2.64. The third-order valence-electron chi connectivity index (χ3n) is 7.16. The van der Waals surface area contributed by atoms with E-state index in [1.54, 1.807) is 20.8 Å². The molecule has 3 fully saturated rings. The molecule has 0 aliphatic carbocycles. The summed E-state index contributed by atoms with van der Waals surface area (Å²) >= 11 is -2.00. The summed E-state index contributed by atoms with van der Waals surface area (Å²) in [6, 6.07) is 0.116. The molecule has 1 aromatic rings. The van der Waals surface area contributed by atoms with E-state index in [0.717, 1.165) is 11.0 Å². The summed E-state index contributed by atoms with van der Waals surface area (Å²) in [5.41, 5.74) is -0.367. The molecular weight excluding hydrogens is 564 g/mol. The molecule has 4 atom stereocenters. The zero-order valence-corrected chi connectivity index (χ0v) is 24.0. The molecule has 1 unspecified atom stereocenters. The molecule has 0 bridgehead atoms. The van der Waals surface area contributed by atoms with Crippen LogP contribution >= 0.6 is 0 Å². The maximum Gasteiger partial charge on any atom is 0.331 e. The van der Waals surface area contributed by atoms with Crippen molar-refractivity contribution in [2.75, 3.05) is 26.4 Å². The molecule has 3 saturated heterocycles. The van der Waals surface area contributed by atoms with Gasteiger partial charge in [0.1, 0.15) is 28.5 Å². The van der Waals surface area contributed by atoms with Crippen LogP contribution in [0.15, 0.2) is 18.2 Å². The second-order valence-electron chi connectivity index (χ2n) is 11.2. The maximum atomic E-state index is 16.2. The smallest absolute Gasteiger partial charge is 0.331 e. The molecule has 0 saturated carbocycles. The first-order valence-corrected chi connectivity index (χ1v) is 14.7. The summed E-state index contributed by atoms with van der Waals surface area (Å²) in [4.78, 5) is 52.8. The fraction of sp³-hybridized carbons (Fsp3) is 0.630. The third kappa shape index (κ3) is 7.23. The molecule has 41 heavy (non-hydrogen) atoms. The lowest BCUT2D eigenvalue weighted by atomic mass is 9.89. The average Bonchev–Trinajstić information content (AvgIpc) is 2.92. The van der Waals surface area contributed by atoms with Gasteiger partial charge < -0.3 is 18.8 Å². The van der Waals surface area contributed by atoms with Crippen molar-refractivity contribution in [2.24, 2.45) is 5.92 Å². The Morgan fingerprint density at radius 1 is 1.12 bits per heavy atom. The highest BCUT2D eigenvalue weighted by Gasteiger charge is 2.51. The van der Waals surface area contributed by atoms with Gasteiger partial charge in [-0.25, -0.2) is 13.6 Å². The van der Waals surface area contributed by atoms with Crippen LogP contribution < -0.4 is 14.8 Å². The van der Waals surface area contributed by atoms with Crippen molar-refractivity contribution < 1.29 is 46.7 Å². The molecule has 4 rings (SSSR count). The maximum absolute atomic E-state index is 16.2. The average molecular weight is 600 g/mol. The second kappa shape index (κ2) is 13.1. The minimum atomic E-state index is -2.70. The van der Waals surface area contributed by atoms with E-state index in [2.05, 4.69) is 4.72 Å². The first kappa shape index (κ1) is 31.3. The number of ketones is 1. The van der Waals surface area contributed by atoms with E-state index in [-0.39, 0.29) is 43.5 Å². The molecule has 3 aliphatic heterocycles. The van der Waals surface area contributed by atoms with Crippen LogP contribution in [0.2, 0.25) is 0 Å². The van der Waals surface area contributed by atoms with Crippen LogP contribution in [0, 0.1) is 11.7 Å². The number of nitrogens with one attached hydrogen (secondary N) is 2. The number of carbonyl (C=O) groups is 4. The molecular formula is C27H35F2N3O8S. The van der Waals surface area contributed by atoms with E-state index >= 15 is 8.78 Å². The van der Waals surface area contributed by atoms with Gasteiger partial charge in [-0.05, 0) is 51.8 Å². The molecule has 3 heterocycles. The Hall–Kier alpha value is -2.65. The van der Waals surface area contributed by atoms with Crippen molar-refractivity contribution in [3.63, 3.8) is 0 Å². The number of carbonyl (C=O) groups excluding carboxylic acids is 4. The van der Waals surface area contributed by atoms with Crippen molar-refractivity contribution in [2.45, 2.75) is 75.6 Å². The monoisotopic (exact) mass is 599 g/mol. The SMILES string of the molecule is CC(C)(C)[S@@+]([O-])N[C@@H](c1cc(OC2CCOCC2)ccc1F)[C@@H](F)C(=O)C1C(=O)NC(=O)N(C2CCOCC2)C1=O. The minimum absolute atomic E-state index is 0.198. The Morgan fingerprint density at radius 2 is 1.73 bits per heavy atom. The van der Waals surface area contributed by atoms with E-state index in [9.17, 15) is 23.7 Å². The minimum Gasteiger partial charge on any atom is -0.598 e. The number of imide groups is 2. The molecule has 11 nitrogen and oxygen atoms in total. The van der Waals surface area contributed by atoms with Gasteiger partial charge in [0.2, 0.25) is 5.91 Å². The lowest BCUT2D eigenvalue weighted by Gasteiger charge is -2.37. The third-order valence-corrected chi connectivity index (χ3v) is 8.74. The first-order chi connectivity index (χ1) is 19.4. The molecule has 0 aromatic heterocycles. The fourth-order valence-corrected chi connectivity index (χ4v) is 5.68. The van der Waals surface area contributed by atoms with Gasteiger partial charge in [-0.15, -0.1) is 4.72 Å². The van der Waals surface area contributed by atoms with Gasteiger partial charge in [-0.1, -0.05) is 0 Å². The van der Waals surface area contributed by atoms with Crippen molar-refractivity contribution >= 4 is 35.0 Å². The van der Waals surface area contributed by atoms with Crippen LogP contribution in [0.25, 0.3) is 0 Å². The van der Waals surface area contributed by atoms with Gasteiger partial charge in [-0.2, -0.15) is 0 Å². The number of nitrogens with zero attached hydrogens (tertiary/aromatic N) is 1. The van der Waals surface area contributed by atoms with Gasteiger partial charge in [0.15, 0.2) is 17.9 Å². The zero-order valence-electron chi connectivity index (χ0n) is 23.2. The number of hydrogen-bond donors (Lipinski definition) is 2. The van der Waals surface area contributed by atoms with Crippen LogP contribution in [0.1, 0.15) is 58.1 Å². The van der Waals surface area contributed by atoms with Crippen molar-refractivity contribution in [3.05, 3.63) is 29.6 Å². The highest BCUT2D eigenvalue weighted by atomic mass is 32.2. The highest BCUT2D eigenvalue weighted by molar-refractivity contribution is 7.90. The summed E-state index contributed by atoms with van der Waals surface area (Å²) in [6.45, 7) is 6.28. The van der Waals surface area contributed by atoms with Gasteiger partial charge >= 0.3 is 6.03 Å². The van der Waals surface area contributed by atoms with Crippen LogP contribution in [0.4, 0.5) is 13.6 Å². The number of hydrogen-bond acceptors (Lipinski definition) is 9. The Balaban J connectivity index is 1.64. The fourth-order valence-electron chi connectivity index (χ4n) is 4.85. The molecule has 2 N–H and O–H groups in total. The van der Waals surface area contributed by atoms with Gasteiger partial charge in [0.05, 0.1) is 13.2 Å². The molecule has 14 heteroatoms. The molecule has 226 valence electrons. The van der Waals surface area contributed by atoms with Gasteiger partial charge in [-0.3, -0.25) is 24.6 Å². The normalized spacial score (nSPS) is 23.6. The Kier molecular flexibility index (Phi) is 10.0. The predicted octanol–water partition coefficient (Wildman–Crippen LogP) is 2.26. The van der Waals surface area contributed by atoms with Crippen LogP contribution in [-0.2, 0) is 35.2 Å². The molecule has 1 aromatic carbocycles. The van der Waals surface area contributed by atoms with Crippen LogP contribution in [0.3, 0.4) is 0 Å². The number of barbiturate groups is 1. The number of halogens is 2. The molecule has 3 aliphatic rings. The number of amides is 4. The topological polar surface area (TPSA) is 146 Å². The molecule has 0 spiro atoms. The number of urea groups is 1. The lowest BCUT2D eigenvalue weighted by molar-refractivity contribution is -0.151. The van der Waals surface area contributed by atoms with E-state index in [1.165, 1.54) is 12.1 Å². The number of alkyl halides is 1. The number of benzene rings is 1. The van der Waals surface area contributed by atoms with Crippen LogP contribution in [0.5, 0.6) is 5.75 Å². The Bertz CT molecular complexity index is 1150. The van der Waals surface area contributed by atoms with E-state index in [0.29, 0.717) is 26.1 Å². The van der Waals surface area contributed by atoms with E-state index in [4.69, 9.17) is 14.2 Å². The summed E-state index contributed by atoms with van der Waals surface area (Å²) in [6.07, 6.45) is -1.17. The van der Waals surface area contributed by atoms with Crippen LogP contribution in [-0.4, -0.2) is 82.6 Å². The van der Waals surface area contributed by atoms with Crippen molar-refractivity contribution in [1.29, 1.82) is 0 Å². The summed E-state index contributed by atoms with van der Waals surface area (Å²) in [5.74, 6) is -6.83. The second-order valence-corrected chi connectivity index (χ2v) is 13.2. The first-order valence-electron chi connectivity index (χ1n) is 13.5. The standard InChI is InChI=1S/C27H35F2N3O8S/c1-27(2,3)41(37)31-22(18-14-17(4-5-19(18)28)40-16-8-12-39-13-9-16)21(29)23(33)20-24(34)30-26(36)32(25(20)35)15-6-10-38-11-7-15/h4-5,14-16,20-22,31H,6-13H2,1-3H3,(H,30,34,36)/t20?,21-,22+,41-/m1/s1. The zero-order chi connectivity index (χ0) is 29.9. The van der Waals surface area contributed by atoms with Gasteiger partial charge in [0, 0.05) is 49.0 Å². The number of Topliss-reactive ketones (excluding diaryl/α,β-unsaturated/α-hetero) is 1. The Labute approximate surface area is 239 Å². The number of ether oxygens (including phenoxy) is 3. The summed E-state index contributed by atoms with van der Waals surface area (Å²) in [5, 5.41) is 1.97. The highest BCUT2D eigenvalue weighted by Crippen LogP contribution is 2.33. The Morgan fingerprint density at radius 3 is 2.34 bits per heavy atom. The summed E-state index contributed by atoms with van der Waals surface area (Å²) in [7, 11) is 0. The van der Waals surface area contributed by atoms with E-state index in [1.807, 2.05) is 5.32 Å². The van der Waals surface area contributed by atoms with Gasteiger partial charge in [0.25, 0.3) is 5.91 Å². The van der Waals surface area contributed by atoms with E-state index < -0.39 is 69.7 Å². The van der Waals surface area contributed by atoms with Crippen molar-refractivity contribution in [1.82, 2.24) is 14.9 Å². The predicted molar refractivity (Wildman–Crippen MR) is 142 cm³/mol. The summed E-state index contributed by atoms with van der Waals surface area (Å²) < 4.78 is 62.5.